The van der Waals surface area contributed by atoms with Crippen LogP contribution in [-0.2, 0) is 14.3 Å². The Balaban J connectivity index is 1.78. The van der Waals surface area contributed by atoms with Gasteiger partial charge in [-0.05, 0) is 25.1 Å². The van der Waals surface area contributed by atoms with Gasteiger partial charge in [0.25, 0.3) is 0 Å². The molecule has 0 aliphatic carbocycles. The number of ether oxygens (including phenoxy) is 2. The van der Waals surface area contributed by atoms with Gasteiger partial charge in [0, 0.05) is 29.4 Å². The SMILES string of the molecule is COCCOCCCNC1C(=O)Nc2cccc(Br)c21. The molecule has 1 atom stereocenters. The molecule has 1 heterocycles. The van der Waals surface area contributed by atoms with Crippen molar-refractivity contribution in [1.29, 1.82) is 0 Å². The summed E-state index contributed by atoms with van der Waals surface area (Å²) in [6, 6.07) is 5.48. The summed E-state index contributed by atoms with van der Waals surface area (Å²) in [6.45, 7) is 2.60. The summed E-state index contributed by atoms with van der Waals surface area (Å²) in [4.78, 5) is 11.9. The Hall–Kier alpha value is -0.950. The molecule has 0 fully saturated rings. The van der Waals surface area contributed by atoms with Gasteiger partial charge in [0.05, 0.1) is 13.2 Å². The molecule has 0 radical (unpaired) electrons. The van der Waals surface area contributed by atoms with Crippen LogP contribution in [0.25, 0.3) is 0 Å². The van der Waals surface area contributed by atoms with Crippen LogP contribution in [0.1, 0.15) is 18.0 Å². The van der Waals surface area contributed by atoms with Crippen molar-refractivity contribution in [1.82, 2.24) is 5.32 Å². The number of methoxy groups -OCH3 is 1. The Morgan fingerprint density at radius 1 is 1.35 bits per heavy atom. The Bertz CT molecular complexity index is 468. The predicted molar refractivity (Wildman–Crippen MR) is 80.8 cm³/mol. The Kier molecular flexibility index (Phi) is 5.97. The Morgan fingerprint density at radius 2 is 2.20 bits per heavy atom. The zero-order valence-corrected chi connectivity index (χ0v) is 13.0. The summed E-state index contributed by atoms with van der Waals surface area (Å²) < 4.78 is 11.2. The maximum Gasteiger partial charge on any atom is 0.246 e. The van der Waals surface area contributed by atoms with Crippen LogP contribution in [-0.4, -0.2) is 39.4 Å². The van der Waals surface area contributed by atoms with Gasteiger partial charge in [0.1, 0.15) is 6.04 Å². The summed E-state index contributed by atoms with van der Waals surface area (Å²) in [6.07, 6.45) is 0.854. The first-order valence-electron chi connectivity index (χ1n) is 6.63. The molecule has 2 N–H and O–H groups in total. The molecule has 1 aliphatic rings. The van der Waals surface area contributed by atoms with Crippen molar-refractivity contribution in [2.24, 2.45) is 0 Å². The first-order chi connectivity index (χ1) is 9.74. The second kappa shape index (κ2) is 7.73. The Labute approximate surface area is 127 Å². The minimum Gasteiger partial charge on any atom is -0.382 e. The fraction of sp³-hybridized carbons (Fsp3) is 0.500. The van der Waals surface area contributed by atoms with Crippen LogP contribution in [0.2, 0.25) is 0 Å². The van der Waals surface area contributed by atoms with Gasteiger partial charge in [-0.3, -0.25) is 4.79 Å². The van der Waals surface area contributed by atoms with Crippen LogP contribution in [0, 0.1) is 0 Å². The second-order valence-electron chi connectivity index (χ2n) is 4.54. The van der Waals surface area contributed by atoms with E-state index in [9.17, 15) is 4.79 Å². The van der Waals surface area contributed by atoms with E-state index in [-0.39, 0.29) is 11.9 Å². The zero-order valence-electron chi connectivity index (χ0n) is 11.4. The summed E-state index contributed by atoms with van der Waals surface area (Å²) in [7, 11) is 1.65. The van der Waals surface area contributed by atoms with Gasteiger partial charge in [-0.25, -0.2) is 0 Å². The van der Waals surface area contributed by atoms with E-state index in [4.69, 9.17) is 9.47 Å². The molecule has 0 bridgehead atoms. The van der Waals surface area contributed by atoms with Gasteiger partial charge in [-0.2, -0.15) is 0 Å². The molecule has 6 heteroatoms. The average Bonchev–Trinajstić information content (AvgIpc) is 2.75. The van der Waals surface area contributed by atoms with Gasteiger partial charge in [0.2, 0.25) is 5.91 Å². The summed E-state index contributed by atoms with van der Waals surface area (Å²) in [5.74, 6) is -0.00722. The number of amides is 1. The molecular weight excluding hydrogens is 324 g/mol. The molecule has 1 aromatic rings. The molecule has 20 heavy (non-hydrogen) atoms. The monoisotopic (exact) mass is 342 g/mol. The minimum absolute atomic E-state index is 0.00722. The van der Waals surface area contributed by atoms with Crippen molar-refractivity contribution in [3.63, 3.8) is 0 Å². The molecule has 1 unspecified atom stereocenters. The number of halogens is 1. The van der Waals surface area contributed by atoms with Crippen molar-refractivity contribution in [2.75, 3.05) is 38.8 Å². The van der Waals surface area contributed by atoms with Crippen LogP contribution in [0.5, 0.6) is 0 Å². The average molecular weight is 343 g/mol. The maximum absolute atomic E-state index is 11.9. The highest BCUT2D eigenvalue weighted by Gasteiger charge is 2.31. The normalized spacial score (nSPS) is 17.1. The van der Waals surface area contributed by atoms with Crippen molar-refractivity contribution in [2.45, 2.75) is 12.5 Å². The maximum atomic E-state index is 11.9. The third-order valence-electron chi connectivity index (χ3n) is 3.11. The van der Waals surface area contributed by atoms with Crippen LogP contribution >= 0.6 is 15.9 Å². The lowest BCUT2D eigenvalue weighted by molar-refractivity contribution is -0.117. The first kappa shape index (κ1) is 15.4. The lowest BCUT2D eigenvalue weighted by Gasteiger charge is -2.12. The molecule has 0 saturated carbocycles. The fourth-order valence-corrected chi connectivity index (χ4v) is 2.73. The molecule has 2 rings (SSSR count). The Morgan fingerprint density at radius 3 is 3.00 bits per heavy atom. The van der Waals surface area contributed by atoms with Gasteiger partial charge >= 0.3 is 0 Å². The van der Waals surface area contributed by atoms with Crippen molar-refractivity contribution in [3.05, 3.63) is 28.2 Å². The zero-order chi connectivity index (χ0) is 14.4. The highest BCUT2D eigenvalue weighted by molar-refractivity contribution is 9.10. The summed E-state index contributed by atoms with van der Waals surface area (Å²) >= 11 is 3.50. The van der Waals surface area contributed by atoms with E-state index in [0.29, 0.717) is 19.8 Å². The smallest absolute Gasteiger partial charge is 0.246 e. The molecule has 1 aliphatic heterocycles. The van der Waals surface area contributed by atoms with E-state index < -0.39 is 0 Å². The standard InChI is InChI=1S/C14H19BrN2O3/c1-19-8-9-20-7-3-6-16-13-12-10(15)4-2-5-11(12)17-14(13)18/h2,4-5,13,16H,3,6-9H2,1H3,(H,17,18). The van der Waals surface area contributed by atoms with Crippen LogP contribution in [0.15, 0.2) is 22.7 Å². The van der Waals surface area contributed by atoms with Gasteiger partial charge in [-0.1, -0.05) is 22.0 Å². The summed E-state index contributed by atoms with van der Waals surface area (Å²) in [5.41, 5.74) is 1.86. The van der Waals surface area contributed by atoms with Gasteiger partial charge in [-0.15, -0.1) is 0 Å². The van der Waals surface area contributed by atoms with Crippen LogP contribution < -0.4 is 10.6 Å². The lowest BCUT2D eigenvalue weighted by atomic mass is 10.1. The van der Waals surface area contributed by atoms with Crippen molar-refractivity contribution < 1.29 is 14.3 Å². The van der Waals surface area contributed by atoms with E-state index in [2.05, 4.69) is 26.6 Å². The first-order valence-corrected chi connectivity index (χ1v) is 7.42. The van der Waals surface area contributed by atoms with Crippen LogP contribution in [0.4, 0.5) is 5.69 Å². The van der Waals surface area contributed by atoms with E-state index >= 15 is 0 Å². The van der Waals surface area contributed by atoms with E-state index in [1.807, 2.05) is 18.2 Å². The fourth-order valence-electron chi connectivity index (χ4n) is 2.14. The molecule has 110 valence electrons. The number of rotatable bonds is 8. The second-order valence-corrected chi connectivity index (χ2v) is 5.39. The molecule has 0 spiro atoms. The van der Waals surface area contributed by atoms with Crippen LogP contribution in [0.3, 0.4) is 0 Å². The number of fused-ring (bicyclic) bond motifs is 1. The van der Waals surface area contributed by atoms with E-state index in [0.717, 1.165) is 28.7 Å². The number of hydrogen-bond acceptors (Lipinski definition) is 4. The molecule has 0 saturated heterocycles. The third-order valence-corrected chi connectivity index (χ3v) is 3.80. The number of carbonyl (C=O) groups is 1. The number of carbonyl (C=O) groups excluding carboxylic acids is 1. The highest BCUT2D eigenvalue weighted by Crippen LogP contribution is 2.36. The summed E-state index contributed by atoms with van der Waals surface area (Å²) in [5, 5.41) is 6.14. The number of anilines is 1. The predicted octanol–water partition coefficient (Wildman–Crippen LogP) is 2.08. The number of hydrogen-bond donors (Lipinski definition) is 2. The van der Waals surface area contributed by atoms with Gasteiger partial charge < -0.3 is 20.1 Å². The molecule has 1 amide bonds. The number of nitrogens with one attached hydrogen (secondary N) is 2. The third kappa shape index (κ3) is 3.79. The lowest BCUT2D eigenvalue weighted by Crippen LogP contribution is -2.29. The van der Waals surface area contributed by atoms with E-state index in [1.165, 1.54) is 0 Å². The molecule has 5 nitrogen and oxygen atoms in total. The van der Waals surface area contributed by atoms with E-state index in [1.54, 1.807) is 7.11 Å². The quantitative estimate of drug-likeness (QED) is 0.710. The largest absolute Gasteiger partial charge is 0.382 e. The van der Waals surface area contributed by atoms with Crippen molar-refractivity contribution in [3.8, 4) is 0 Å². The topological polar surface area (TPSA) is 59.6 Å². The minimum atomic E-state index is -0.292. The molecule has 1 aromatic carbocycles. The van der Waals surface area contributed by atoms with Crippen molar-refractivity contribution >= 4 is 27.5 Å². The molecule has 0 aromatic heterocycles. The molecular formula is C14H19BrN2O3. The van der Waals surface area contributed by atoms with Gasteiger partial charge in [0.15, 0.2) is 0 Å². The number of benzene rings is 1. The highest BCUT2D eigenvalue weighted by atomic mass is 79.9.